The van der Waals surface area contributed by atoms with Crippen LogP contribution in [0.25, 0.3) is 16.7 Å². The summed E-state index contributed by atoms with van der Waals surface area (Å²) in [6.07, 6.45) is 1.65. The molecule has 5 rings (SSSR count). The molecule has 0 aliphatic heterocycles. The molecule has 34 heavy (non-hydrogen) atoms. The Balaban J connectivity index is 1.37. The van der Waals surface area contributed by atoms with Gasteiger partial charge in [0.25, 0.3) is 5.91 Å². The van der Waals surface area contributed by atoms with Gasteiger partial charge >= 0.3 is 0 Å². The molecule has 0 saturated heterocycles. The van der Waals surface area contributed by atoms with E-state index in [-0.39, 0.29) is 5.91 Å². The van der Waals surface area contributed by atoms with Gasteiger partial charge in [-0.05, 0) is 63.2 Å². The molecular weight excluding hydrogens is 426 g/mol. The molecule has 3 heterocycles. The third-order valence-corrected chi connectivity index (χ3v) is 5.33. The van der Waals surface area contributed by atoms with E-state index in [0.717, 1.165) is 39.5 Å². The average molecular weight is 450 g/mol. The number of aromatic nitrogens is 5. The van der Waals surface area contributed by atoms with Crippen molar-refractivity contribution in [3.63, 3.8) is 0 Å². The molecule has 1 amide bonds. The number of rotatable bonds is 5. The first-order valence-corrected chi connectivity index (χ1v) is 10.9. The fourth-order valence-corrected chi connectivity index (χ4v) is 3.81. The highest BCUT2D eigenvalue weighted by Gasteiger charge is 2.13. The summed E-state index contributed by atoms with van der Waals surface area (Å²) in [4.78, 5) is 26.3. The molecule has 0 saturated carbocycles. The number of hydrogen-bond acceptors (Lipinski definition) is 6. The molecule has 2 N–H and O–H groups in total. The lowest BCUT2D eigenvalue weighted by atomic mass is 10.2. The van der Waals surface area contributed by atoms with Crippen LogP contribution in [0.15, 0.2) is 72.9 Å². The van der Waals surface area contributed by atoms with Crippen molar-refractivity contribution in [1.29, 1.82) is 0 Å². The van der Waals surface area contributed by atoms with Crippen LogP contribution in [0.1, 0.15) is 27.4 Å². The van der Waals surface area contributed by atoms with E-state index in [1.807, 2.05) is 75.4 Å². The Kier molecular flexibility index (Phi) is 5.47. The second kappa shape index (κ2) is 8.74. The number of carbonyl (C=O) groups excluding carboxylic acids is 1. The van der Waals surface area contributed by atoms with E-state index >= 15 is 0 Å². The number of pyridine rings is 1. The lowest BCUT2D eigenvalue weighted by molar-refractivity contribution is 0.102. The summed E-state index contributed by atoms with van der Waals surface area (Å²) in [5.74, 6) is 0.259. The first-order chi connectivity index (χ1) is 16.5. The fraction of sp³-hybridized carbons (Fsp3) is 0.115. The number of anilines is 3. The largest absolute Gasteiger partial charge is 0.324 e. The number of nitrogens with one attached hydrogen (secondary N) is 2. The Morgan fingerprint density at radius 2 is 1.62 bits per heavy atom. The molecule has 0 radical (unpaired) electrons. The summed E-state index contributed by atoms with van der Waals surface area (Å²) in [7, 11) is 0. The van der Waals surface area contributed by atoms with Crippen LogP contribution in [0.4, 0.5) is 17.3 Å². The molecule has 8 heteroatoms. The van der Waals surface area contributed by atoms with Gasteiger partial charge in [-0.15, -0.1) is 0 Å². The highest BCUT2D eigenvalue weighted by Crippen LogP contribution is 2.23. The molecule has 0 fully saturated rings. The minimum Gasteiger partial charge on any atom is -0.324 e. The molecule has 168 valence electrons. The molecule has 0 aliphatic rings. The van der Waals surface area contributed by atoms with Crippen LogP contribution >= 0.6 is 0 Å². The quantitative estimate of drug-likeness (QED) is 0.386. The Labute approximate surface area is 196 Å². The van der Waals surface area contributed by atoms with Crippen LogP contribution < -0.4 is 10.6 Å². The van der Waals surface area contributed by atoms with Crippen molar-refractivity contribution in [3.8, 4) is 5.69 Å². The van der Waals surface area contributed by atoms with Crippen LogP contribution in [-0.2, 0) is 0 Å². The molecular formula is C26H23N7O. The molecule has 0 aliphatic carbocycles. The number of fused-ring (bicyclic) bond motifs is 1. The third-order valence-electron chi connectivity index (χ3n) is 5.33. The summed E-state index contributed by atoms with van der Waals surface area (Å²) < 4.78 is 1.81. The second-order valence-corrected chi connectivity index (χ2v) is 8.06. The number of hydrogen-bond donors (Lipinski definition) is 2. The van der Waals surface area contributed by atoms with E-state index in [1.165, 1.54) is 0 Å². The van der Waals surface area contributed by atoms with E-state index in [1.54, 1.807) is 23.0 Å². The summed E-state index contributed by atoms with van der Waals surface area (Å²) in [5.41, 5.74) is 6.09. The highest BCUT2D eigenvalue weighted by atomic mass is 16.1. The van der Waals surface area contributed by atoms with Crippen molar-refractivity contribution in [3.05, 3.63) is 95.6 Å². The third kappa shape index (κ3) is 4.33. The summed E-state index contributed by atoms with van der Waals surface area (Å²) >= 11 is 0. The van der Waals surface area contributed by atoms with E-state index in [0.29, 0.717) is 17.2 Å². The van der Waals surface area contributed by atoms with Gasteiger partial charge < -0.3 is 10.6 Å². The van der Waals surface area contributed by atoms with Gasteiger partial charge in [0.05, 0.1) is 23.3 Å². The minimum atomic E-state index is -0.237. The van der Waals surface area contributed by atoms with Crippen LogP contribution in [0.3, 0.4) is 0 Å². The molecule has 5 aromatic rings. The van der Waals surface area contributed by atoms with Crippen molar-refractivity contribution in [2.45, 2.75) is 20.8 Å². The standard InChI is InChI=1S/C26H23N7O/c1-16-12-17(2)29-26(28-16)31-20-9-7-8-19(13-20)25(34)30-21-14-23-18(3)32-33(24(23)27-15-21)22-10-5-4-6-11-22/h4-15H,1-3H3,(H,30,34)(H,28,29,31). The number of carbonyl (C=O) groups is 1. The molecule has 0 bridgehead atoms. The maximum atomic E-state index is 13.0. The summed E-state index contributed by atoms with van der Waals surface area (Å²) in [5, 5.41) is 11.6. The van der Waals surface area contributed by atoms with Crippen LogP contribution in [0.5, 0.6) is 0 Å². The van der Waals surface area contributed by atoms with Crippen molar-refractivity contribution >= 4 is 34.3 Å². The Bertz CT molecular complexity index is 1490. The molecule has 0 atom stereocenters. The Morgan fingerprint density at radius 1 is 0.853 bits per heavy atom. The van der Waals surface area contributed by atoms with Gasteiger partial charge in [0.2, 0.25) is 5.95 Å². The maximum absolute atomic E-state index is 13.0. The summed E-state index contributed by atoms with van der Waals surface area (Å²) in [6, 6.07) is 20.8. The predicted molar refractivity (Wildman–Crippen MR) is 133 cm³/mol. The summed E-state index contributed by atoms with van der Waals surface area (Å²) in [6.45, 7) is 5.76. The second-order valence-electron chi connectivity index (χ2n) is 8.06. The molecule has 8 nitrogen and oxygen atoms in total. The number of nitrogens with zero attached hydrogens (tertiary/aromatic N) is 5. The van der Waals surface area contributed by atoms with Gasteiger partial charge in [-0.3, -0.25) is 4.79 Å². The maximum Gasteiger partial charge on any atom is 0.255 e. The van der Waals surface area contributed by atoms with Crippen molar-refractivity contribution < 1.29 is 4.79 Å². The van der Waals surface area contributed by atoms with Gasteiger partial charge in [0.1, 0.15) is 0 Å². The van der Waals surface area contributed by atoms with Crippen LogP contribution in [0, 0.1) is 20.8 Å². The number of amides is 1. The van der Waals surface area contributed by atoms with Crippen LogP contribution in [-0.4, -0.2) is 30.6 Å². The first-order valence-electron chi connectivity index (χ1n) is 10.9. The zero-order valence-corrected chi connectivity index (χ0v) is 19.1. The van der Waals surface area contributed by atoms with Crippen LogP contribution in [0.2, 0.25) is 0 Å². The smallest absolute Gasteiger partial charge is 0.255 e. The minimum absolute atomic E-state index is 0.237. The Morgan fingerprint density at radius 3 is 2.38 bits per heavy atom. The topological polar surface area (TPSA) is 97.6 Å². The van der Waals surface area contributed by atoms with Crippen molar-refractivity contribution in [2.75, 3.05) is 10.6 Å². The van der Waals surface area contributed by atoms with E-state index in [9.17, 15) is 4.79 Å². The van der Waals surface area contributed by atoms with E-state index < -0.39 is 0 Å². The normalized spacial score (nSPS) is 10.9. The van der Waals surface area contributed by atoms with E-state index in [4.69, 9.17) is 0 Å². The van der Waals surface area contributed by atoms with E-state index in [2.05, 4.69) is 30.7 Å². The van der Waals surface area contributed by atoms with Gasteiger partial charge in [-0.25, -0.2) is 19.6 Å². The average Bonchev–Trinajstić information content (AvgIpc) is 3.15. The molecule has 0 spiro atoms. The van der Waals surface area contributed by atoms with Gasteiger partial charge in [-0.2, -0.15) is 5.10 Å². The Hall–Kier alpha value is -4.59. The van der Waals surface area contributed by atoms with Crippen molar-refractivity contribution in [1.82, 2.24) is 24.7 Å². The molecule has 0 unspecified atom stereocenters. The zero-order chi connectivity index (χ0) is 23.7. The fourth-order valence-electron chi connectivity index (χ4n) is 3.81. The van der Waals surface area contributed by atoms with Gasteiger partial charge in [0, 0.05) is 28.0 Å². The molecule has 2 aromatic carbocycles. The lowest BCUT2D eigenvalue weighted by Crippen LogP contribution is -2.12. The monoisotopic (exact) mass is 449 g/mol. The first kappa shape index (κ1) is 21.3. The predicted octanol–water partition coefficient (Wildman–Crippen LogP) is 5.13. The van der Waals surface area contributed by atoms with Crippen molar-refractivity contribution in [2.24, 2.45) is 0 Å². The zero-order valence-electron chi connectivity index (χ0n) is 19.1. The number of para-hydroxylation sites is 1. The molecule has 3 aromatic heterocycles. The number of benzene rings is 2. The lowest BCUT2D eigenvalue weighted by Gasteiger charge is -2.09. The number of aryl methyl sites for hydroxylation is 3. The van der Waals surface area contributed by atoms with Gasteiger partial charge in [-0.1, -0.05) is 24.3 Å². The highest BCUT2D eigenvalue weighted by molar-refractivity contribution is 6.05. The van der Waals surface area contributed by atoms with Gasteiger partial charge in [0.15, 0.2) is 5.65 Å². The SMILES string of the molecule is Cc1cc(C)nc(Nc2cccc(C(=O)Nc3cnc4c(c3)c(C)nn4-c3ccccc3)c2)n1.